The first kappa shape index (κ1) is 39.8. The first-order valence-electron chi connectivity index (χ1n) is 17.7. The maximum Gasteiger partial charge on any atom is 0.337 e. The number of nitrogens with one attached hydrogen (secondary N) is 1. The second kappa shape index (κ2) is 19.1. The van der Waals surface area contributed by atoms with Gasteiger partial charge in [0.25, 0.3) is 0 Å². The van der Waals surface area contributed by atoms with Crippen LogP contribution in [-0.2, 0) is 14.2 Å². The van der Waals surface area contributed by atoms with Gasteiger partial charge < -0.3 is 14.2 Å². The highest BCUT2D eigenvalue weighted by atomic mass is 19.1. The van der Waals surface area contributed by atoms with E-state index in [-0.39, 0.29) is 17.8 Å². The van der Waals surface area contributed by atoms with Crippen molar-refractivity contribution in [3.63, 3.8) is 0 Å². The summed E-state index contributed by atoms with van der Waals surface area (Å²) in [6.07, 6.45) is 5.60. The number of carbonyl (C=O) groups excluding carboxylic acids is 3. The fourth-order valence-corrected chi connectivity index (χ4v) is 5.59. The number of ether oxygens (including phenoxy) is 3. The first-order valence-corrected chi connectivity index (χ1v) is 17.7. The third-order valence-corrected chi connectivity index (χ3v) is 8.59. The molecule has 9 aromatic rings. The van der Waals surface area contributed by atoms with Crippen LogP contribution in [0.15, 0.2) is 164 Å². The molecule has 3 aromatic heterocycles. The van der Waals surface area contributed by atoms with Gasteiger partial charge in [-0.1, -0.05) is 54.6 Å². The summed E-state index contributed by atoms with van der Waals surface area (Å²) in [5.74, 6) is -1.49. The Balaban J connectivity index is 0.000000136. The van der Waals surface area contributed by atoms with Crippen LogP contribution in [0, 0.1) is 5.82 Å². The van der Waals surface area contributed by atoms with Gasteiger partial charge in [-0.2, -0.15) is 15.3 Å². The van der Waals surface area contributed by atoms with Crippen LogP contribution < -0.4 is 0 Å². The number of methoxy groups -OCH3 is 3. The van der Waals surface area contributed by atoms with Gasteiger partial charge in [-0.05, 0) is 91.0 Å². The fraction of sp³-hybridized carbons (Fsp3) is 0.0667. The van der Waals surface area contributed by atoms with Crippen molar-refractivity contribution in [3.8, 4) is 11.4 Å². The molecule has 0 aliphatic carbocycles. The summed E-state index contributed by atoms with van der Waals surface area (Å²) < 4.78 is 29.7. The van der Waals surface area contributed by atoms with Gasteiger partial charge in [-0.25, -0.2) is 28.1 Å². The first-order chi connectivity index (χ1) is 28.3. The van der Waals surface area contributed by atoms with Gasteiger partial charge in [-0.15, -0.1) is 0 Å². The number of esters is 3. The van der Waals surface area contributed by atoms with Gasteiger partial charge in [0.15, 0.2) is 0 Å². The zero-order chi connectivity index (χ0) is 40.9. The Morgan fingerprint density at radius 1 is 0.552 bits per heavy atom. The lowest BCUT2D eigenvalue weighted by molar-refractivity contribution is 0.0592. The molecular weight excluding hydrogens is 740 g/mol. The molecule has 0 bridgehead atoms. The summed E-state index contributed by atoms with van der Waals surface area (Å²) in [6, 6.07) is 43.4. The maximum absolute atomic E-state index is 12.3. The number of benzene rings is 6. The lowest BCUT2D eigenvalue weighted by Gasteiger charge is -2.04. The molecule has 9 rings (SSSR count). The molecule has 0 spiro atoms. The highest BCUT2D eigenvalue weighted by molar-refractivity contribution is 5.90. The van der Waals surface area contributed by atoms with Gasteiger partial charge in [-0.3, -0.25) is 5.10 Å². The average Bonchev–Trinajstić information content (AvgIpc) is 4.06. The SMILES string of the molecule is COC(=O)c1ccc(-n2cc3ccccc3n2)cc1.COC(=O)c1ccc(-n2ncc3ccccc32)cc1.COC(=O)c1ccc(F)cc1.c1ccc2[nH]ncc2c1. The molecule has 0 unspecified atom stereocenters. The highest BCUT2D eigenvalue weighted by Gasteiger charge is 2.09. The number of rotatable bonds is 5. The van der Waals surface area contributed by atoms with Crippen molar-refractivity contribution in [1.82, 2.24) is 29.8 Å². The normalized spacial score (nSPS) is 10.3. The van der Waals surface area contributed by atoms with E-state index in [0.717, 1.165) is 44.1 Å². The van der Waals surface area contributed by atoms with E-state index in [2.05, 4.69) is 34.6 Å². The van der Waals surface area contributed by atoms with E-state index in [1.54, 1.807) is 28.9 Å². The van der Waals surface area contributed by atoms with Crippen LogP contribution in [0.5, 0.6) is 0 Å². The van der Waals surface area contributed by atoms with Crippen LogP contribution >= 0.6 is 0 Å². The highest BCUT2D eigenvalue weighted by Crippen LogP contribution is 2.19. The lowest BCUT2D eigenvalue weighted by atomic mass is 10.2. The smallest absolute Gasteiger partial charge is 0.337 e. The predicted octanol–water partition coefficient (Wildman–Crippen LogP) is 8.80. The molecule has 0 amide bonds. The number of nitrogens with zero attached hydrogens (tertiary/aromatic N) is 5. The Morgan fingerprint density at radius 3 is 1.62 bits per heavy atom. The zero-order valence-corrected chi connectivity index (χ0v) is 31.7. The van der Waals surface area contributed by atoms with Crippen LogP contribution in [0.1, 0.15) is 31.1 Å². The number of fused-ring (bicyclic) bond motifs is 3. The second-order valence-corrected chi connectivity index (χ2v) is 12.3. The summed E-state index contributed by atoms with van der Waals surface area (Å²) in [5.41, 5.74) is 6.31. The Bertz CT molecular complexity index is 2690. The van der Waals surface area contributed by atoms with Crippen LogP contribution in [0.4, 0.5) is 4.39 Å². The molecule has 3 heterocycles. The molecule has 1 N–H and O–H groups in total. The molecular formula is C45H37FN6O6. The van der Waals surface area contributed by atoms with Crippen molar-refractivity contribution in [2.24, 2.45) is 0 Å². The lowest BCUT2D eigenvalue weighted by Crippen LogP contribution is -2.02. The minimum Gasteiger partial charge on any atom is -0.465 e. The molecule has 12 nitrogen and oxygen atoms in total. The topological polar surface area (TPSA) is 143 Å². The van der Waals surface area contributed by atoms with Gasteiger partial charge in [0, 0.05) is 22.4 Å². The summed E-state index contributed by atoms with van der Waals surface area (Å²) >= 11 is 0. The van der Waals surface area contributed by atoms with Crippen LogP contribution in [0.25, 0.3) is 44.1 Å². The minimum atomic E-state index is -0.454. The van der Waals surface area contributed by atoms with Crippen LogP contribution in [0.2, 0.25) is 0 Å². The van der Waals surface area contributed by atoms with E-state index in [0.29, 0.717) is 16.7 Å². The monoisotopic (exact) mass is 776 g/mol. The molecule has 6 aromatic carbocycles. The van der Waals surface area contributed by atoms with Gasteiger partial charge in [0.1, 0.15) is 5.82 Å². The number of carbonyl (C=O) groups is 3. The van der Waals surface area contributed by atoms with Crippen molar-refractivity contribution in [3.05, 3.63) is 187 Å². The second-order valence-electron chi connectivity index (χ2n) is 12.3. The molecule has 0 aliphatic heterocycles. The largest absolute Gasteiger partial charge is 0.465 e. The molecule has 0 aliphatic rings. The quantitative estimate of drug-likeness (QED) is 0.134. The van der Waals surface area contributed by atoms with Gasteiger partial charge in [0.05, 0.1) is 78.3 Å². The fourth-order valence-electron chi connectivity index (χ4n) is 5.59. The number of halogens is 1. The van der Waals surface area contributed by atoms with Crippen LogP contribution in [-0.4, -0.2) is 69.0 Å². The van der Waals surface area contributed by atoms with E-state index in [1.165, 1.54) is 45.6 Å². The summed E-state index contributed by atoms with van der Waals surface area (Å²) in [6.45, 7) is 0. The molecule has 0 atom stereocenters. The zero-order valence-electron chi connectivity index (χ0n) is 31.7. The minimum absolute atomic E-state index is 0.336. The van der Waals surface area contributed by atoms with E-state index in [4.69, 9.17) is 0 Å². The summed E-state index contributed by atoms with van der Waals surface area (Å²) in [4.78, 5) is 33.5. The standard InChI is InChI=1S/2C15H12N2O2.C8H7FO2.C7H6N2/c1-19-15(18)11-6-8-13(9-7-11)17-10-12-4-2-3-5-14(12)16-17;1-19-15(18)11-6-8-13(9-7-11)17-14-5-3-2-4-12(14)10-16-17;1-11-8(10)6-2-4-7(9)5-3-6;1-2-4-7-6(3-1)5-8-9-7/h2*2-10H,1H3;2-5H,1H3;1-5H,(H,8,9). The number of hydrogen-bond acceptors (Lipinski definition) is 9. The maximum atomic E-state index is 12.3. The molecule has 0 saturated carbocycles. The third kappa shape index (κ3) is 9.83. The Labute approximate surface area is 332 Å². The van der Waals surface area contributed by atoms with E-state index >= 15 is 0 Å². The summed E-state index contributed by atoms with van der Waals surface area (Å²) in [5, 5.41) is 18.9. The van der Waals surface area contributed by atoms with Gasteiger partial charge >= 0.3 is 17.9 Å². The molecule has 0 fully saturated rings. The van der Waals surface area contributed by atoms with Crippen LogP contribution in [0.3, 0.4) is 0 Å². The van der Waals surface area contributed by atoms with E-state index in [9.17, 15) is 18.8 Å². The number of aromatic amines is 1. The molecule has 13 heteroatoms. The number of H-pyrrole nitrogens is 1. The van der Waals surface area contributed by atoms with Crippen molar-refractivity contribution in [2.45, 2.75) is 0 Å². The number of hydrogen-bond donors (Lipinski definition) is 1. The molecule has 58 heavy (non-hydrogen) atoms. The van der Waals surface area contributed by atoms with Crippen molar-refractivity contribution < 1.29 is 33.0 Å². The molecule has 0 radical (unpaired) electrons. The Kier molecular flexibility index (Phi) is 13.1. The predicted molar refractivity (Wildman–Crippen MR) is 219 cm³/mol. The molecule has 0 saturated heterocycles. The van der Waals surface area contributed by atoms with E-state index in [1.807, 2.05) is 120 Å². The third-order valence-electron chi connectivity index (χ3n) is 8.59. The van der Waals surface area contributed by atoms with Crippen molar-refractivity contribution >= 4 is 50.6 Å². The summed E-state index contributed by atoms with van der Waals surface area (Å²) in [7, 11) is 4.03. The van der Waals surface area contributed by atoms with Crippen molar-refractivity contribution in [2.75, 3.05) is 21.3 Å². The number of para-hydroxylation sites is 2. The Hall–Kier alpha value is -7.93. The van der Waals surface area contributed by atoms with E-state index < -0.39 is 5.97 Å². The Morgan fingerprint density at radius 2 is 1.05 bits per heavy atom. The van der Waals surface area contributed by atoms with Gasteiger partial charge in [0.2, 0.25) is 0 Å². The molecule has 290 valence electrons. The van der Waals surface area contributed by atoms with Crippen molar-refractivity contribution in [1.29, 1.82) is 0 Å². The average molecular weight is 777 g/mol. The number of aromatic nitrogens is 6.